The van der Waals surface area contributed by atoms with Crippen LogP contribution in [-0.2, 0) is 4.79 Å². The molecule has 144 valence electrons. The Morgan fingerprint density at radius 1 is 1.27 bits per heavy atom. The first-order valence-electron chi connectivity index (χ1n) is 9.00. The number of carbonyl (C=O) groups is 2. The number of amides is 2. The summed E-state index contributed by atoms with van der Waals surface area (Å²) in [5.74, 6) is 0.976. The summed E-state index contributed by atoms with van der Waals surface area (Å²) in [6, 6.07) is 3.51. The number of hydrogen-bond donors (Lipinski definition) is 1. The summed E-state index contributed by atoms with van der Waals surface area (Å²) in [7, 11) is 3.12. The van der Waals surface area contributed by atoms with Crippen LogP contribution in [0.5, 0.6) is 11.5 Å². The summed E-state index contributed by atoms with van der Waals surface area (Å²) < 4.78 is 11.4. The van der Waals surface area contributed by atoms with E-state index in [1.165, 1.54) is 0 Å². The van der Waals surface area contributed by atoms with Crippen LogP contribution < -0.4 is 14.8 Å². The fourth-order valence-corrected chi connectivity index (χ4v) is 3.77. The van der Waals surface area contributed by atoms with Gasteiger partial charge in [0.25, 0.3) is 5.91 Å². The Kier molecular flexibility index (Phi) is 7.99. The maximum Gasteiger partial charge on any atom is 0.255 e. The van der Waals surface area contributed by atoms with E-state index in [4.69, 9.17) is 9.47 Å². The van der Waals surface area contributed by atoms with Crippen LogP contribution >= 0.6 is 22.6 Å². The number of piperidine rings is 1. The Balaban J connectivity index is 2.10. The zero-order valence-corrected chi connectivity index (χ0v) is 17.8. The zero-order chi connectivity index (χ0) is 19.1. The zero-order valence-electron chi connectivity index (χ0n) is 15.6. The third kappa shape index (κ3) is 5.02. The van der Waals surface area contributed by atoms with Gasteiger partial charge in [0.1, 0.15) is 0 Å². The summed E-state index contributed by atoms with van der Waals surface area (Å²) >= 11 is 2.13. The molecule has 0 radical (unpaired) electrons. The van der Waals surface area contributed by atoms with Crippen molar-refractivity contribution in [2.75, 3.05) is 33.9 Å². The Morgan fingerprint density at radius 2 is 1.96 bits per heavy atom. The number of nitrogens with one attached hydrogen (secondary N) is 1. The molecule has 1 aliphatic heterocycles. The summed E-state index contributed by atoms with van der Waals surface area (Å²) in [5.41, 5.74) is 0.579. The van der Waals surface area contributed by atoms with Gasteiger partial charge < -0.3 is 19.7 Å². The maximum atomic E-state index is 13.0. The second kappa shape index (κ2) is 9.99. The standard InChI is InChI=1S/C19H27IN2O4/c1-4-5-8-21-18(23)13-7-6-9-22(12-13)19(24)14-10-16(25-2)17(26-3)11-15(14)20/h10-11,13H,4-9,12H2,1-3H3,(H,21,23). The summed E-state index contributed by atoms with van der Waals surface area (Å²) in [5, 5.41) is 2.98. The number of hydrogen-bond acceptors (Lipinski definition) is 4. The fourth-order valence-electron chi connectivity index (χ4n) is 3.10. The highest BCUT2D eigenvalue weighted by Gasteiger charge is 2.30. The van der Waals surface area contributed by atoms with Gasteiger partial charge >= 0.3 is 0 Å². The molecular formula is C19H27IN2O4. The predicted octanol–water partition coefficient (Wildman–Crippen LogP) is 3.08. The molecule has 0 aromatic heterocycles. The van der Waals surface area contributed by atoms with Gasteiger partial charge in [-0.15, -0.1) is 0 Å². The van der Waals surface area contributed by atoms with Crippen molar-refractivity contribution in [1.29, 1.82) is 0 Å². The van der Waals surface area contributed by atoms with Crippen molar-refractivity contribution in [2.24, 2.45) is 5.92 Å². The van der Waals surface area contributed by atoms with E-state index in [1.54, 1.807) is 31.3 Å². The lowest BCUT2D eigenvalue weighted by molar-refractivity contribution is -0.126. The normalized spacial score (nSPS) is 16.9. The number of likely N-dealkylation sites (tertiary alicyclic amines) is 1. The van der Waals surface area contributed by atoms with Crippen molar-refractivity contribution in [1.82, 2.24) is 10.2 Å². The van der Waals surface area contributed by atoms with Gasteiger partial charge in [-0.1, -0.05) is 13.3 Å². The maximum absolute atomic E-state index is 13.0. The van der Waals surface area contributed by atoms with E-state index in [1.807, 2.05) is 0 Å². The van der Waals surface area contributed by atoms with Crippen LogP contribution in [-0.4, -0.2) is 50.6 Å². The molecule has 1 fully saturated rings. The van der Waals surface area contributed by atoms with Crippen LogP contribution in [0.15, 0.2) is 12.1 Å². The van der Waals surface area contributed by atoms with Crippen molar-refractivity contribution in [2.45, 2.75) is 32.6 Å². The third-order valence-corrected chi connectivity index (χ3v) is 5.51. The molecule has 1 aromatic rings. The van der Waals surface area contributed by atoms with Crippen molar-refractivity contribution < 1.29 is 19.1 Å². The second-order valence-corrected chi connectivity index (χ2v) is 7.58. The fraction of sp³-hybridized carbons (Fsp3) is 0.579. The number of unbranched alkanes of at least 4 members (excludes halogenated alkanes) is 1. The summed E-state index contributed by atoms with van der Waals surface area (Å²) in [6.07, 6.45) is 3.68. The minimum Gasteiger partial charge on any atom is -0.493 e. The molecule has 0 spiro atoms. The molecule has 1 aromatic carbocycles. The lowest BCUT2D eigenvalue weighted by atomic mass is 9.96. The van der Waals surface area contributed by atoms with Gasteiger partial charge in [-0.2, -0.15) is 0 Å². The highest BCUT2D eigenvalue weighted by molar-refractivity contribution is 14.1. The minimum atomic E-state index is -0.137. The molecule has 2 rings (SSSR count). The molecule has 6 nitrogen and oxygen atoms in total. The molecule has 0 saturated carbocycles. The van der Waals surface area contributed by atoms with Crippen LogP contribution in [0.25, 0.3) is 0 Å². The highest BCUT2D eigenvalue weighted by Crippen LogP contribution is 2.32. The Labute approximate surface area is 168 Å². The molecule has 0 bridgehead atoms. The topological polar surface area (TPSA) is 67.9 Å². The Bertz CT molecular complexity index is 651. The number of ether oxygens (including phenoxy) is 2. The predicted molar refractivity (Wildman–Crippen MR) is 109 cm³/mol. The first-order chi connectivity index (χ1) is 12.5. The quantitative estimate of drug-likeness (QED) is 0.488. The highest BCUT2D eigenvalue weighted by atomic mass is 127. The molecular weight excluding hydrogens is 447 g/mol. The molecule has 1 aliphatic rings. The van der Waals surface area contributed by atoms with Gasteiger partial charge in [0.05, 0.1) is 25.7 Å². The van der Waals surface area contributed by atoms with Gasteiger partial charge in [0, 0.05) is 23.2 Å². The molecule has 26 heavy (non-hydrogen) atoms. The molecule has 1 heterocycles. The average molecular weight is 474 g/mol. The van der Waals surface area contributed by atoms with E-state index in [9.17, 15) is 9.59 Å². The Hall–Kier alpha value is -1.51. The molecule has 1 unspecified atom stereocenters. The molecule has 0 aliphatic carbocycles. The Morgan fingerprint density at radius 3 is 2.62 bits per heavy atom. The van der Waals surface area contributed by atoms with Gasteiger partial charge in [0.15, 0.2) is 11.5 Å². The third-order valence-electron chi connectivity index (χ3n) is 4.61. The number of rotatable bonds is 7. The molecule has 2 amide bonds. The van der Waals surface area contributed by atoms with E-state index in [2.05, 4.69) is 34.8 Å². The largest absolute Gasteiger partial charge is 0.493 e. The van der Waals surface area contributed by atoms with Gasteiger partial charge in [-0.3, -0.25) is 9.59 Å². The minimum absolute atomic E-state index is 0.0537. The van der Waals surface area contributed by atoms with Crippen molar-refractivity contribution in [3.8, 4) is 11.5 Å². The summed E-state index contributed by atoms with van der Waals surface area (Å²) in [4.78, 5) is 27.1. The SMILES string of the molecule is CCCCNC(=O)C1CCCN(C(=O)c2cc(OC)c(OC)cc2I)C1. The first-order valence-corrected chi connectivity index (χ1v) is 10.1. The monoisotopic (exact) mass is 474 g/mol. The van der Waals surface area contributed by atoms with E-state index < -0.39 is 0 Å². The van der Waals surface area contributed by atoms with E-state index in [0.29, 0.717) is 36.7 Å². The van der Waals surface area contributed by atoms with Crippen LogP contribution in [0.4, 0.5) is 0 Å². The van der Waals surface area contributed by atoms with Crippen LogP contribution in [0, 0.1) is 9.49 Å². The lowest BCUT2D eigenvalue weighted by Crippen LogP contribution is -2.45. The van der Waals surface area contributed by atoms with Crippen molar-refractivity contribution in [3.63, 3.8) is 0 Å². The molecule has 1 saturated heterocycles. The molecule has 7 heteroatoms. The second-order valence-electron chi connectivity index (χ2n) is 6.42. The van der Waals surface area contributed by atoms with Crippen molar-refractivity contribution in [3.05, 3.63) is 21.3 Å². The number of methoxy groups -OCH3 is 2. The molecule has 1 atom stereocenters. The number of halogens is 1. The summed E-state index contributed by atoms with van der Waals surface area (Å²) in [6.45, 7) is 3.93. The average Bonchev–Trinajstić information content (AvgIpc) is 2.67. The van der Waals surface area contributed by atoms with Crippen LogP contribution in [0.3, 0.4) is 0 Å². The van der Waals surface area contributed by atoms with E-state index >= 15 is 0 Å². The van der Waals surface area contributed by atoms with Gasteiger partial charge in [-0.05, 0) is 54.0 Å². The van der Waals surface area contributed by atoms with E-state index in [0.717, 1.165) is 29.3 Å². The molecule has 1 N–H and O–H groups in total. The van der Waals surface area contributed by atoms with Crippen LogP contribution in [0.2, 0.25) is 0 Å². The van der Waals surface area contributed by atoms with E-state index in [-0.39, 0.29) is 17.7 Å². The first kappa shape index (κ1) is 20.8. The number of carbonyl (C=O) groups excluding carboxylic acids is 2. The van der Waals surface area contributed by atoms with Crippen LogP contribution in [0.1, 0.15) is 43.0 Å². The smallest absolute Gasteiger partial charge is 0.255 e. The number of benzene rings is 1. The van der Waals surface area contributed by atoms with Crippen molar-refractivity contribution >= 4 is 34.4 Å². The van der Waals surface area contributed by atoms with Gasteiger partial charge in [-0.25, -0.2) is 0 Å². The van der Waals surface area contributed by atoms with Gasteiger partial charge in [0.2, 0.25) is 5.91 Å². The lowest BCUT2D eigenvalue weighted by Gasteiger charge is -2.32. The number of nitrogens with zero attached hydrogens (tertiary/aromatic N) is 1.